The second-order valence-corrected chi connectivity index (χ2v) is 5.11. The van der Waals surface area contributed by atoms with Crippen LogP contribution in [0.25, 0.3) is 0 Å². The maximum Gasteiger partial charge on any atom is 0.241 e. The molecular weight excluding hydrogens is 204 g/mol. The third-order valence-corrected chi connectivity index (χ3v) is 3.49. The lowest BCUT2D eigenvalue weighted by Crippen LogP contribution is -2.35. The summed E-state index contributed by atoms with van der Waals surface area (Å²) in [5, 5.41) is 3.27. The molecule has 2 unspecified atom stereocenters. The first kappa shape index (κ1) is 11.9. The van der Waals surface area contributed by atoms with E-state index in [1.807, 2.05) is 4.90 Å². The number of carbonyl (C=O) groups excluding carboxylic acids is 1. The molecule has 1 amide bonds. The lowest BCUT2D eigenvalue weighted by Gasteiger charge is -2.18. The molecule has 16 heavy (non-hydrogen) atoms. The SMILES string of the molecule is CC(C)C1NCN(CCC2CCCO2)C1=O. The third-order valence-electron chi connectivity index (χ3n) is 3.49. The van der Waals surface area contributed by atoms with Crippen LogP contribution in [0, 0.1) is 5.92 Å². The molecule has 0 aromatic carbocycles. The summed E-state index contributed by atoms with van der Waals surface area (Å²) in [5.74, 6) is 0.633. The van der Waals surface area contributed by atoms with Crippen LogP contribution in [0.15, 0.2) is 0 Å². The van der Waals surface area contributed by atoms with Crippen molar-refractivity contribution < 1.29 is 9.53 Å². The Bertz CT molecular complexity index is 249. The topological polar surface area (TPSA) is 41.6 Å². The predicted octanol–water partition coefficient (Wildman–Crippen LogP) is 0.969. The molecule has 0 saturated carbocycles. The van der Waals surface area contributed by atoms with E-state index in [1.165, 1.54) is 6.42 Å². The summed E-state index contributed by atoms with van der Waals surface area (Å²) >= 11 is 0. The molecular formula is C12H22N2O2. The summed E-state index contributed by atoms with van der Waals surface area (Å²) in [6.07, 6.45) is 3.69. The van der Waals surface area contributed by atoms with E-state index in [1.54, 1.807) is 0 Å². The minimum Gasteiger partial charge on any atom is -0.378 e. The average molecular weight is 226 g/mol. The molecule has 0 spiro atoms. The van der Waals surface area contributed by atoms with E-state index in [0.29, 0.717) is 18.7 Å². The molecule has 2 fully saturated rings. The van der Waals surface area contributed by atoms with Gasteiger partial charge in [-0.15, -0.1) is 0 Å². The number of hydrogen-bond donors (Lipinski definition) is 1. The summed E-state index contributed by atoms with van der Waals surface area (Å²) < 4.78 is 5.56. The van der Waals surface area contributed by atoms with E-state index in [4.69, 9.17) is 4.74 Å². The molecule has 0 aromatic rings. The van der Waals surface area contributed by atoms with Crippen molar-refractivity contribution in [2.24, 2.45) is 5.92 Å². The molecule has 0 bridgehead atoms. The van der Waals surface area contributed by atoms with Crippen LogP contribution >= 0.6 is 0 Å². The van der Waals surface area contributed by atoms with E-state index in [-0.39, 0.29) is 11.9 Å². The molecule has 2 aliphatic heterocycles. The first-order valence-electron chi connectivity index (χ1n) is 6.32. The zero-order valence-corrected chi connectivity index (χ0v) is 10.2. The largest absolute Gasteiger partial charge is 0.378 e. The lowest BCUT2D eigenvalue weighted by atomic mass is 10.0. The van der Waals surface area contributed by atoms with Crippen molar-refractivity contribution in [3.05, 3.63) is 0 Å². The molecule has 2 atom stereocenters. The second kappa shape index (κ2) is 5.15. The molecule has 92 valence electrons. The monoisotopic (exact) mass is 226 g/mol. The van der Waals surface area contributed by atoms with Crippen molar-refractivity contribution in [2.75, 3.05) is 19.8 Å². The van der Waals surface area contributed by atoms with Crippen molar-refractivity contribution in [3.8, 4) is 0 Å². The molecule has 2 aliphatic rings. The molecule has 4 nitrogen and oxygen atoms in total. The van der Waals surface area contributed by atoms with Crippen LogP contribution in [-0.2, 0) is 9.53 Å². The van der Waals surface area contributed by atoms with Gasteiger partial charge in [-0.3, -0.25) is 10.1 Å². The molecule has 2 rings (SSSR count). The smallest absolute Gasteiger partial charge is 0.241 e. The zero-order chi connectivity index (χ0) is 11.5. The molecule has 4 heteroatoms. The van der Waals surface area contributed by atoms with Gasteiger partial charge in [-0.25, -0.2) is 0 Å². The summed E-state index contributed by atoms with van der Waals surface area (Å²) in [4.78, 5) is 13.9. The van der Waals surface area contributed by atoms with Gasteiger partial charge in [-0.05, 0) is 25.2 Å². The predicted molar refractivity (Wildman–Crippen MR) is 61.9 cm³/mol. The molecule has 0 aliphatic carbocycles. The van der Waals surface area contributed by atoms with Gasteiger partial charge in [-0.2, -0.15) is 0 Å². The zero-order valence-electron chi connectivity index (χ0n) is 10.2. The fraction of sp³-hybridized carbons (Fsp3) is 0.917. The number of carbonyl (C=O) groups is 1. The van der Waals surface area contributed by atoms with Gasteiger partial charge in [-0.1, -0.05) is 13.8 Å². The highest BCUT2D eigenvalue weighted by atomic mass is 16.5. The van der Waals surface area contributed by atoms with Gasteiger partial charge in [0, 0.05) is 13.2 Å². The fourth-order valence-electron chi connectivity index (χ4n) is 2.45. The summed E-state index contributed by atoms with van der Waals surface area (Å²) in [5.41, 5.74) is 0. The fourth-order valence-corrected chi connectivity index (χ4v) is 2.45. The number of amides is 1. The number of hydrogen-bond acceptors (Lipinski definition) is 3. The van der Waals surface area contributed by atoms with Gasteiger partial charge >= 0.3 is 0 Å². The van der Waals surface area contributed by atoms with Crippen LogP contribution in [0.5, 0.6) is 0 Å². The third kappa shape index (κ3) is 2.55. The molecule has 0 aromatic heterocycles. The van der Waals surface area contributed by atoms with Crippen molar-refractivity contribution in [3.63, 3.8) is 0 Å². The van der Waals surface area contributed by atoms with Crippen LogP contribution in [0.3, 0.4) is 0 Å². The van der Waals surface area contributed by atoms with Gasteiger partial charge < -0.3 is 9.64 Å². The van der Waals surface area contributed by atoms with E-state index in [2.05, 4.69) is 19.2 Å². The summed E-state index contributed by atoms with van der Waals surface area (Å²) in [6, 6.07) is 0.0181. The minimum absolute atomic E-state index is 0.0181. The Morgan fingerprint density at radius 3 is 2.94 bits per heavy atom. The van der Waals surface area contributed by atoms with E-state index in [9.17, 15) is 4.79 Å². The van der Waals surface area contributed by atoms with Crippen LogP contribution in [0.2, 0.25) is 0 Å². The van der Waals surface area contributed by atoms with Crippen LogP contribution in [0.4, 0.5) is 0 Å². The number of nitrogens with zero attached hydrogens (tertiary/aromatic N) is 1. The Balaban J connectivity index is 1.76. The Hall–Kier alpha value is -0.610. The summed E-state index contributed by atoms with van der Waals surface area (Å²) in [6.45, 7) is 6.60. The highest BCUT2D eigenvalue weighted by Gasteiger charge is 2.33. The van der Waals surface area contributed by atoms with Gasteiger partial charge in [0.1, 0.15) is 0 Å². The van der Waals surface area contributed by atoms with E-state index >= 15 is 0 Å². The molecule has 1 N–H and O–H groups in total. The highest BCUT2D eigenvalue weighted by molar-refractivity contribution is 5.83. The number of ether oxygens (including phenoxy) is 1. The standard InChI is InChI=1S/C12H22N2O2/c1-9(2)11-12(15)14(8-13-11)6-5-10-4-3-7-16-10/h9-11,13H,3-8H2,1-2H3. The Morgan fingerprint density at radius 2 is 2.38 bits per heavy atom. The van der Waals surface area contributed by atoms with Crippen LogP contribution in [-0.4, -0.2) is 42.8 Å². The Labute approximate surface area is 97.3 Å². The lowest BCUT2D eigenvalue weighted by molar-refractivity contribution is -0.129. The van der Waals surface area contributed by atoms with Gasteiger partial charge in [0.2, 0.25) is 5.91 Å². The minimum atomic E-state index is 0.0181. The first-order valence-corrected chi connectivity index (χ1v) is 6.32. The Kier molecular flexibility index (Phi) is 3.82. The number of nitrogens with one attached hydrogen (secondary N) is 1. The molecule has 0 radical (unpaired) electrons. The molecule has 2 saturated heterocycles. The van der Waals surface area contributed by atoms with Crippen molar-refractivity contribution >= 4 is 5.91 Å². The first-order chi connectivity index (χ1) is 7.68. The van der Waals surface area contributed by atoms with E-state index < -0.39 is 0 Å². The van der Waals surface area contributed by atoms with Gasteiger partial charge in [0.05, 0.1) is 18.8 Å². The number of rotatable bonds is 4. The van der Waals surface area contributed by atoms with Crippen molar-refractivity contribution in [2.45, 2.75) is 45.3 Å². The average Bonchev–Trinajstić information content (AvgIpc) is 2.84. The second-order valence-electron chi connectivity index (χ2n) is 5.11. The normalized spacial score (nSPS) is 30.7. The molecule has 2 heterocycles. The van der Waals surface area contributed by atoms with Gasteiger partial charge in [0.15, 0.2) is 0 Å². The quantitative estimate of drug-likeness (QED) is 0.776. The van der Waals surface area contributed by atoms with Crippen LogP contribution < -0.4 is 5.32 Å². The van der Waals surface area contributed by atoms with E-state index in [0.717, 1.165) is 26.0 Å². The highest BCUT2D eigenvalue weighted by Crippen LogP contribution is 2.17. The van der Waals surface area contributed by atoms with Crippen molar-refractivity contribution in [1.29, 1.82) is 0 Å². The van der Waals surface area contributed by atoms with Gasteiger partial charge in [0.25, 0.3) is 0 Å². The maximum atomic E-state index is 12.0. The van der Waals surface area contributed by atoms with Crippen LogP contribution in [0.1, 0.15) is 33.1 Å². The van der Waals surface area contributed by atoms with Crippen molar-refractivity contribution in [1.82, 2.24) is 10.2 Å². The Morgan fingerprint density at radius 1 is 1.56 bits per heavy atom. The summed E-state index contributed by atoms with van der Waals surface area (Å²) in [7, 11) is 0. The maximum absolute atomic E-state index is 12.0.